The summed E-state index contributed by atoms with van der Waals surface area (Å²) in [4.78, 5) is 29.4. The summed E-state index contributed by atoms with van der Waals surface area (Å²) in [5.74, 6) is 0.191. The predicted molar refractivity (Wildman–Crippen MR) is 71.2 cm³/mol. The average Bonchev–Trinajstić information content (AvgIpc) is 2.39. The number of ether oxygens (including phenoxy) is 2. The molecule has 0 aromatic rings. The van der Waals surface area contributed by atoms with Crippen LogP contribution >= 0.6 is 0 Å². The van der Waals surface area contributed by atoms with E-state index in [0.29, 0.717) is 19.6 Å². The van der Waals surface area contributed by atoms with Gasteiger partial charge in [0.1, 0.15) is 0 Å². The third-order valence-electron chi connectivity index (χ3n) is 2.17. The van der Waals surface area contributed by atoms with Crippen LogP contribution in [0.4, 0.5) is 9.59 Å². The number of hydrogen-bond acceptors (Lipinski definition) is 4. The summed E-state index contributed by atoms with van der Waals surface area (Å²) in [6, 6.07) is -0.354. The zero-order valence-corrected chi connectivity index (χ0v) is 12.1. The molecular formula is C11H22N4O4. The molecule has 0 unspecified atom stereocenters. The molecule has 3 amide bonds. The molecule has 0 saturated carbocycles. The van der Waals surface area contributed by atoms with Crippen LogP contribution in [0, 0.1) is 0 Å². The first-order valence-corrected chi connectivity index (χ1v) is 5.78. The van der Waals surface area contributed by atoms with Crippen molar-refractivity contribution in [3.8, 4) is 0 Å². The van der Waals surface area contributed by atoms with Crippen LogP contribution in [0.2, 0.25) is 0 Å². The fourth-order valence-corrected chi connectivity index (χ4v) is 1.22. The fourth-order valence-electron chi connectivity index (χ4n) is 1.22. The molecule has 0 aromatic heterocycles. The molecular weight excluding hydrogens is 252 g/mol. The van der Waals surface area contributed by atoms with Crippen molar-refractivity contribution >= 4 is 18.1 Å². The second-order valence-corrected chi connectivity index (χ2v) is 3.91. The highest BCUT2D eigenvalue weighted by atomic mass is 16.5. The van der Waals surface area contributed by atoms with Crippen LogP contribution in [0.5, 0.6) is 0 Å². The molecule has 8 nitrogen and oxygen atoms in total. The van der Waals surface area contributed by atoms with Crippen LogP contribution in [0.15, 0.2) is 4.99 Å². The summed E-state index contributed by atoms with van der Waals surface area (Å²) in [6.07, 6.45) is -0.0515. The number of rotatable bonds is 4. The van der Waals surface area contributed by atoms with E-state index in [2.05, 4.69) is 15.0 Å². The second kappa shape index (κ2) is 9.15. The van der Waals surface area contributed by atoms with Crippen LogP contribution < -0.4 is 5.32 Å². The number of nitrogens with zero attached hydrogens (tertiary/aromatic N) is 3. The van der Waals surface area contributed by atoms with E-state index in [1.165, 1.54) is 19.1 Å². The van der Waals surface area contributed by atoms with Crippen molar-refractivity contribution in [2.45, 2.75) is 6.42 Å². The van der Waals surface area contributed by atoms with E-state index < -0.39 is 6.09 Å². The normalized spacial score (nSPS) is 10.9. The molecule has 1 N–H and O–H groups in total. The van der Waals surface area contributed by atoms with E-state index in [1.807, 2.05) is 0 Å². The van der Waals surface area contributed by atoms with Gasteiger partial charge in [-0.2, -0.15) is 0 Å². The number of nitrogens with one attached hydrogen (secondary N) is 1. The summed E-state index contributed by atoms with van der Waals surface area (Å²) in [5.41, 5.74) is 0. The molecule has 0 radical (unpaired) electrons. The van der Waals surface area contributed by atoms with Gasteiger partial charge >= 0.3 is 12.1 Å². The zero-order valence-electron chi connectivity index (χ0n) is 12.1. The minimum atomic E-state index is -0.761. The maximum atomic E-state index is 11.8. The maximum absolute atomic E-state index is 11.8. The van der Waals surface area contributed by atoms with Crippen molar-refractivity contribution in [2.24, 2.45) is 4.99 Å². The molecule has 0 bridgehead atoms. The lowest BCUT2D eigenvalue weighted by atomic mass is 10.4. The highest BCUT2D eigenvalue weighted by molar-refractivity contribution is 5.99. The molecule has 110 valence electrons. The lowest BCUT2D eigenvalue weighted by Crippen LogP contribution is -2.47. The zero-order chi connectivity index (χ0) is 14.8. The maximum Gasteiger partial charge on any atom is 0.436 e. The number of carbonyl (C=O) groups excluding carboxylic acids is 2. The van der Waals surface area contributed by atoms with Crippen molar-refractivity contribution in [1.82, 2.24) is 15.1 Å². The van der Waals surface area contributed by atoms with Crippen molar-refractivity contribution < 1.29 is 19.1 Å². The van der Waals surface area contributed by atoms with Gasteiger partial charge in [0, 0.05) is 41.4 Å². The quantitative estimate of drug-likeness (QED) is 0.454. The number of urea groups is 1. The Balaban J connectivity index is 4.55. The van der Waals surface area contributed by atoms with Gasteiger partial charge in [-0.15, -0.1) is 4.99 Å². The highest BCUT2D eigenvalue weighted by Gasteiger charge is 2.17. The molecule has 0 aliphatic heterocycles. The Morgan fingerprint density at radius 2 is 1.84 bits per heavy atom. The number of amides is 3. The molecule has 0 aliphatic rings. The number of methoxy groups -OCH3 is 2. The molecule has 0 spiro atoms. The lowest BCUT2D eigenvalue weighted by molar-refractivity contribution is 0.181. The van der Waals surface area contributed by atoms with E-state index >= 15 is 0 Å². The topological polar surface area (TPSA) is 83.5 Å². The summed E-state index contributed by atoms with van der Waals surface area (Å²) >= 11 is 0. The van der Waals surface area contributed by atoms with E-state index in [-0.39, 0.29) is 12.0 Å². The minimum Gasteiger partial charge on any atom is -0.451 e. The Kier molecular flexibility index (Phi) is 8.27. The molecule has 0 heterocycles. The van der Waals surface area contributed by atoms with Gasteiger partial charge in [0.2, 0.25) is 5.96 Å². The average molecular weight is 274 g/mol. The van der Waals surface area contributed by atoms with E-state index in [1.54, 1.807) is 26.1 Å². The largest absolute Gasteiger partial charge is 0.451 e. The van der Waals surface area contributed by atoms with E-state index in [4.69, 9.17) is 4.74 Å². The Morgan fingerprint density at radius 3 is 2.32 bits per heavy atom. The molecule has 0 aliphatic carbocycles. The van der Waals surface area contributed by atoms with Crippen LogP contribution in [-0.4, -0.2) is 76.4 Å². The second-order valence-electron chi connectivity index (χ2n) is 3.91. The molecule has 0 aromatic carbocycles. The van der Waals surface area contributed by atoms with Gasteiger partial charge in [-0.25, -0.2) is 9.59 Å². The first kappa shape index (κ1) is 17.2. The lowest BCUT2D eigenvalue weighted by Gasteiger charge is -2.24. The summed E-state index contributed by atoms with van der Waals surface area (Å²) in [7, 11) is 7.70. The Morgan fingerprint density at radius 1 is 1.21 bits per heavy atom. The smallest absolute Gasteiger partial charge is 0.436 e. The highest BCUT2D eigenvalue weighted by Crippen LogP contribution is 1.96. The van der Waals surface area contributed by atoms with E-state index in [9.17, 15) is 9.59 Å². The Hall–Kier alpha value is -1.83. The molecule has 0 saturated heterocycles. The minimum absolute atomic E-state index is 0.191. The Bertz CT molecular complexity index is 331. The summed E-state index contributed by atoms with van der Waals surface area (Å²) < 4.78 is 9.32. The standard InChI is InChI=1S/C11H22N4O4/c1-14(2)9(13-11(17)19-5)15(3)10(16)12-7-6-8-18-4/h6-8H2,1-5H3,(H,12,16)/b13-9-. The SMILES string of the molecule is COCCCNC(=O)N(C)/C(=N\C(=O)OC)N(C)C. The number of carbonyl (C=O) groups is 2. The van der Waals surface area contributed by atoms with Crippen molar-refractivity contribution in [3.63, 3.8) is 0 Å². The molecule has 8 heteroatoms. The summed E-state index contributed by atoms with van der Waals surface area (Å²) in [6.45, 7) is 1.05. The van der Waals surface area contributed by atoms with Crippen LogP contribution in [0.1, 0.15) is 6.42 Å². The van der Waals surface area contributed by atoms with Gasteiger partial charge in [-0.3, -0.25) is 4.90 Å². The van der Waals surface area contributed by atoms with Crippen LogP contribution in [0.25, 0.3) is 0 Å². The molecule has 0 fully saturated rings. The third kappa shape index (κ3) is 6.61. The van der Waals surface area contributed by atoms with Gasteiger partial charge in [0.15, 0.2) is 0 Å². The molecule has 19 heavy (non-hydrogen) atoms. The first-order valence-electron chi connectivity index (χ1n) is 5.78. The number of guanidine groups is 1. The van der Waals surface area contributed by atoms with E-state index in [0.717, 1.165) is 0 Å². The summed E-state index contributed by atoms with van der Waals surface area (Å²) in [5, 5.41) is 2.69. The van der Waals surface area contributed by atoms with Crippen LogP contribution in [-0.2, 0) is 9.47 Å². The van der Waals surface area contributed by atoms with Gasteiger partial charge in [0.05, 0.1) is 7.11 Å². The molecule has 0 atom stereocenters. The predicted octanol–water partition coefficient (Wildman–Crippen LogP) is 0.348. The van der Waals surface area contributed by atoms with Gasteiger partial charge in [0.25, 0.3) is 0 Å². The fraction of sp³-hybridized carbons (Fsp3) is 0.727. The third-order valence-corrected chi connectivity index (χ3v) is 2.17. The Labute approximate surface area is 113 Å². The van der Waals surface area contributed by atoms with Gasteiger partial charge in [-0.05, 0) is 6.42 Å². The van der Waals surface area contributed by atoms with Crippen molar-refractivity contribution in [1.29, 1.82) is 0 Å². The van der Waals surface area contributed by atoms with Gasteiger partial charge in [-0.1, -0.05) is 0 Å². The molecule has 0 rings (SSSR count). The van der Waals surface area contributed by atoms with Gasteiger partial charge < -0.3 is 19.7 Å². The number of aliphatic imine (C=N–C) groups is 1. The monoisotopic (exact) mass is 274 g/mol. The van der Waals surface area contributed by atoms with Crippen molar-refractivity contribution in [3.05, 3.63) is 0 Å². The van der Waals surface area contributed by atoms with Crippen molar-refractivity contribution in [2.75, 3.05) is 48.5 Å². The number of hydrogen-bond donors (Lipinski definition) is 1. The first-order chi connectivity index (χ1) is 8.93. The van der Waals surface area contributed by atoms with Crippen LogP contribution in [0.3, 0.4) is 0 Å².